The van der Waals surface area contributed by atoms with Gasteiger partial charge in [0.05, 0.1) is 5.41 Å². The van der Waals surface area contributed by atoms with E-state index in [9.17, 15) is 9.90 Å². The Hall–Kier alpha value is -1.06. The van der Waals surface area contributed by atoms with E-state index in [2.05, 4.69) is 18.7 Å². The Morgan fingerprint density at radius 3 is 2.52 bits per heavy atom. The smallest absolute Gasteiger partial charge is 0.314 e. The molecule has 0 saturated carbocycles. The van der Waals surface area contributed by atoms with Gasteiger partial charge < -0.3 is 10.0 Å². The normalized spacial score (nSPS) is 26.1. The summed E-state index contributed by atoms with van der Waals surface area (Å²) < 4.78 is 0. The molecule has 4 heteroatoms. The fourth-order valence-electron chi connectivity index (χ4n) is 3.47. The highest BCUT2D eigenvalue weighted by Gasteiger charge is 2.46. The van der Waals surface area contributed by atoms with Crippen molar-refractivity contribution >= 4 is 18.4 Å². The van der Waals surface area contributed by atoms with Crippen LogP contribution in [0.4, 0.5) is 0 Å². The number of carboxylic acid groups (broad SMARTS) is 1. The maximum Gasteiger partial charge on any atom is 0.314 e. The van der Waals surface area contributed by atoms with Crippen molar-refractivity contribution in [2.45, 2.75) is 51.0 Å². The van der Waals surface area contributed by atoms with Gasteiger partial charge in [0.2, 0.25) is 0 Å². The van der Waals surface area contributed by atoms with Gasteiger partial charge in [0, 0.05) is 6.04 Å². The number of piperidine rings is 1. The molecule has 1 aromatic rings. The first-order valence-electron chi connectivity index (χ1n) is 7.67. The van der Waals surface area contributed by atoms with Crippen LogP contribution in [-0.4, -0.2) is 35.1 Å². The Kier molecular flexibility index (Phi) is 6.69. The summed E-state index contributed by atoms with van der Waals surface area (Å²) in [5.74, 6) is -0.668. The van der Waals surface area contributed by atoms with Gasteiger partial charge in [0.25, 0.3) is 0 Å². The topological polar surface area (TPSA) is 40.5 Å². The van der Waals surface area contributed by atoms with E-state index in [1.165, 1.54) is 0 Å². The highest BCUT2D eigenvalue weighted by Crippen LogP contribution is 2.39. The summed E-state index contributed by atoms with van der Waals surface area (Å²) in [6.45, 7) is 6.30. The van der Waals surface area contributed by atoms with Crippen LogP contribution >= 0.6 is 12.4 Å². The Bertz CT molecular complexity index is 451. The summed E-state index contributed by atoms with van der Waals surface area (Å²) >= 11 is 0. The first-order valence-corrected chi connectivity index (χ1v) is 7.67. The number of hydrogen-bond donors (Lipinski definition) is 1. The second-order valence-electron chi connectivity index (χ2n) is 5.81. The van der Waals surface area contributed by atoms with Crippen LogP contribution in [0.2, 0.25) is 0 Å². The van der Waals surface area contributed by atoms with Gasteiger partial charge in [-0.2, -0.15) is 0 Å². The second kappa shape index (κ2) is 7.81. The molecule has 0 aromatic heterocycles. The number of likely N-dealkylation sites (tertiary alicyclic amines) is 1. The predicted octanol–water partition coefficient (Wildman–Crippen LogP) is 3.72. The van der Waals surface area contributed by atoms with Gasteiger partial charge >= 0.3 is 5.97 Å². The molecule has 1 saturated heterocycles. The summed E-state index contributed by atoms with van der Waals surface area (Å²) in [4.78, 5) is 14.4. The summed E-state index contributed by atoms with van der Waals surface area (Å²) in [6, 6.07) is 10.1. The Labute approximate surface area is 133 Å². The number of benzene rings is 1. The molecule has 0 amide bonds. The number of halogens is 1. The number of nitrogens with zero attached hydrogens (tertiary/aromatic N) is 1. The van der Waals surface area contributed by atoms with Gasteiger partial charge in [-0.1, -0.05) is 44.2 Å². The molecule has 0 radical (unpaired) electrons. The maximum absolute atomic E-state index is 12.0. The van der Waals surface area contributed by atoms with E-state index in [-0.39, 0.29) is 12.4 Å². The Morgan fingerprint density at radius 1 is 1.33 bits per heavy atom. The second-order valence-corrected chi connectivity index (χ2v) is 5.81. The minimum atomic E-state index is -0.702. The van der Waals surface area contributed by atoms with Crippen molar-refractivity contribution in [3.8, 4) is 0 Å². The van der Waals surface area contributed by atoms with E-state index in [1.54, 1.807) is 0 Å². The standard InChI is InChI=1S/C17H25NO2.ClH/c1-3-11-18-12-10-17(16(19)20,13-15(18)4-2)14-8-6-5-7-9-14;/h5-9,15H,3-4,10-13H2,1-2H3,(H,19,20);1H. The van der Waals surface area contributed by atoms with Crippen LogP contribution in [0.15, 0.2) is 30.3 Å². The third-order valence-corrected chi connectivity index (χ3v) is 4.64. The van der Waals surface area contributed by atoms with E-state index < -0.39 is 11.4 Å². The molecule has 1 aliphatic heterocycles. The van der Waals surface area contributed by atoms with E-state index in [4.69, 9.17) is 0 Å². The van der Waals surface area contributed by atoms with E-state index in [0.717, 1.165) is 37.9 Å². The van der Waals surface area contributed by atoms with Crippen molar-refractivity contribution in [1.82, 2.24) is 4.90 Å². The van der Waals surface area contributed by atoms with Crippen molar-refractivity contribution < 1.29 is 9.90 Å². The summed E-state index contributed by atoms with van der Waals surface area (Å²) in [7, 11) is 0. The minimum Gasteiger partial charge on any atom is -0.481 e. The first-order chi connectivity index (χ1) is 9.64. The van der Waals surface area contributed by atoms with Crippen molar-refractivity contribution in [2.75, 3.05) is 13.1 Å². The molecule has 1 aromatic carbocycles. The third kappa shape index (κ3) is 3.58. The number of carbonyl (C=O) groups is 1. The zero-order valence-electron chi connectivity index (χ0n) is 12.9. The zero-order chi connectivity index (χ0) is 14.6. The number of aliphatic carboxylic acids is 1. The van der Waals surface area contributed by atoms with E-state index >= 15 is 0 Å². The molecule has 1 aliphatic rings. The molecule has 0 bridgehead atoms. The van der Waals surface area contributed by atoms with Crippen LogP contribution in [0.1, 0.15) is 45.1 Å². The lowest BCUT2D eigenvalue weighted by molar-refractivity contribution is -0.147. The van der Waals surface area contributed by atoms with Crippen LogP contribution in [0.25, 0.3) is 0 Å². The van der Waals surface area contributed by atoms with Gasteiger partial charge in [-0.15, -0.1) is 12.4 Å². The summed E-state index contributed by atoms with van der Waals surface area (Å²) in [5, 5.41) is 9.85. The lowest BCUT2D eigenvalue weighted by Crippen LogP contribution is -2.52. The fourth-order valence-corrected chi connectivity index (χ4v) is 3.47. The third-order valence-electron chi connectivity index (χ3n) is 4.64. The van der Waals surface area contributed by atoms with Crippen molar-refractivity contribution in [1.29, 1.82) is 0 Å². The maximum atomic E-state index is 12.0. The summed E-state index contributed by atoms with van der Waals surface area (Å²) in [6.07, 6.45) is 3.58. The van der Waals surface area contributed by atoms with Crippen molar-refractivity contribution in [3.63, 3.8) is 0 Å². The van der Waals surface area contributed by atoms with Gasteiger partial charge in [0.15, 0.2) is 0 Å². The quantitative estimate of drug-likeness (QED) is 0.901. The molecule has 118 valence electrons. The van der Waals surface area contributed by atoms with Crippen molar-refractivity contribution in [2.24, 2.45) is 0 Å². The molecule has 1 fully saturated rings. The average Bonchev–Trinajstić information content (AvgIpc) is 2.48. The zero-order valence-corrected chi connectivity index (χ0v) is 13.7. The molecule has 1 N–H and O–H groups in total. The lowest BCUT2D eigenvalue weighted by Gasteiger charge is -2.44. The van der Waals surface area contributed by atoms with Crippen LogP contribution in [0.5, 0.6) is 0 Å². The van der Waals surface area contributed by atoms with Crippen LogP contribution < -0.4 is 0 Å². The average molecular weight is 312 g/mol. The predicted molar refractivity (Wildman–Crippen MR) is 88.2 cm³/mol. The molecule has 0 spiro atoms. The first kappa shape index (κ1) is 18.0. The van der Waals surface area contributed by atoms with Crippen LogP contribution in [0, 0.1) is 0 Å². The fraction of sp³-hybridized carbons (Fsp3) is 0.588. The molecule has 2 atom stereocenters. The molecule has 2 rings (SSSR count). The Morgan fingerprint density at radius 2 is 2.00 bits per heavy atom. The van der Waals surface area contributed by atoms with E-state index in [0.29, 0.717) is 12.5 Å². The highest BCUT2D eigenvalue weighted by atomic mass is 35.5. The molecule has 3 nitrogen and oxygen atoms in total. The molecule has 2 unspecified atom stereocenters. The molecular weight excluding hydrogens is 286 g/mol. The number of rotatable bonds is 5. The SMILES string of the molecule is CCCN1CCC(C(=O)O)(c2ccccc2)CC1CC.Cl. The molecule has 21 heavy (non-hydrogen) atoms. The minimum absolute atomic E-state index is 0. The van der Waals surface area contributed by atoms with Gasteiger partial charge in [-0.3, -0.25) is 4.79 Å². The van der Waals surface area contributed by atoms with Gasteiger partial charge in [-0.25, -0.2) is 0 Å². The largest absolute Gasteiger partial charge is 0.481 e. The van der Waals surface area contributed by atoms with Crippen LogP contribution in [0.3, 0.4) is 0 Å². The monoisotopic (exact) mass is 311 g/mol. The van der Waals surface area contributed by atoms with Crippen molar-refractivity contribution in [3.05, 3.63) is 35.9 Å². The number of hydrogen-bond acceptors (Lipinski definition) is 2. The Balaban J connectivity index is 0.00000220. The molecule has 0 aliphatic carbocycles. The van der Waals surface area contributed by atoms with Gasteiger partial charge in [-0.05, 0) is 44.3 Å². The van der Waals surface area contributed by atoms with Gasteiger partial charge in [0.1, 0.15) is 0 Å². The summed E-state index contributed by atoms with van der Waals surface area (Å²) in [5.41, 5.74) is 0.258. The van der Waals surface area contributed by atoms with Crippen LogP contribution in [-0.2, 0) is 10.2 Å². The molecule has 1 heterocycles. The van der Waals surface area contributed by atoms with E-state index in [1.807, 2.05) is 30.3 Å². The lowest BCUT2D eigenvalue weighted by atomic mass is 9.70. The number of carboxylic acids is 1. The molecular formula is C17H26ClNO2. The highest BCUT2D eigenvalue weighted by molar-refractivity contribution is 5.85.